The van der Waals surface area contributed by atoms with Crippen LogP contribution in [0.25, 0.3) is 10.8 Å². The lowest BCUT2D eigenvalue weighted by Gasteiger charge is -2.38. The summed E-state index contributed by atoms with van der Waals surface area (Å²) in [6.45, 7) is 2.71. The lowest BCUT2D eigenvalue weighted by molar-refractivity contribution is -0.260. The highest BCUT2D eigenvalue weighted by Gasteiger charge is 2.56. The summed E-state index contributed by atoms with van der Waals surface area (Å²) in [6, 6.07) is 9.40. The van der Waals surface area contributed by atoms with Crippen molar-refractivity contribution in [1.29, 1.82) is 0 Å². The Hall–Kier alpha value is -2.87. The third-order valence-corrected chi connectivity index (χ3v) is 5.99. The molecule has 8 heteroatoms. The van der Waals surface area contributed by atoms with Gasteiger partial charge in [-0.1, -0.05) is 26.0 Å². The molecule has 0 aliphatic carbocycles. The summed E-state index contributed by atoms with van der Waals surface area (Å²) in [4.78, 5) is 4.02. The van der Waals surface area contributed by atoms with E-state index in [-0.39, 0.29) is 0 Å². The van der Waals surface area contributed by atoms with E-state index in [1.807, 2.05) is 0 Å². The van der Waals surface area contributed by atoms with Gasteiger partial charge in [-0.2, -0.15) is 13.2 Å². The molecule has 1 aliphatic heterocycles. The molecule has 1 aliphatic rings. The Kier molecular flexibility index (Phi) is 5.53. The summed E-state index contributed by atoms with van der Waals surface area (Å²) in [6.07, 6.45) is -1.93. The molecule has 2 aromatic carbocycles. The van der Waals surface area contributed by atoms with Crippen LogP contribution in [0.15, 0.2) is 48.8 Å². The zero-order chi connectivity index (χ0) is 23.1. The molecular weight excluding hydrogens is 424 g/mol. The number of aliphatic hydroxyl groups is 1. The number of benzene rings is 2. The molecule has 0 fully saturated rings. The number of rotatable bonds is 6. The Balaban J connectivity index is 1.65. The van der Waals surface area contributed by atoms with Crippen LogP contribution >= 0.6 is 0 Å². The first-order valence-electron chi connectivity index (χ1n) is 10.3. The molecule has 1 aromatic heterocycles. The molecule has 0 saturated heterocycles. The minimum Gasteiger partial charge on any atom is -0.493 e. The van der Waals surface area contributed by atoms with E-state index in [4.69, 9.17) is 4.74 Å². The van der Waals surface area contributed by atoms with Crippen molar-refractivity contribution in [3.05, 3.63) is 65.7 Å². The number of halogens is 4. The number of hydrogen-bond acceptors (Lipinski definition) is 4. The smallest absolute Gasteiger partial charge is 0.418 e. The Morgan fingerprint density at radius 2 is 1.94 bits per heavy atom. The first-order chi connectivity index (χ1) is 15.0. The molecule has 3 aromatic rings. The highest BCUT2D eigenvalue weighted by molar-refractivity contribution is 5.93. The first kappa shape index (κ1) is 22.3. The molecule has 4 nitrogen and oxygen atoms in total. The predicted molar refractivity (Wildman–Crippen MR) is 114 cm³/mol. The average molecular weight is 448 g/mol. The topological polar surface area (TPSA) is 54.4 Å². The molecule has 1 unspecified atom stereocenters. The molecule has 2 heterocycles. The van der Waals surface area contributed by atoms with Crippen LogP contribution in [0.2, 0.25) is 0 Å². The predicted octanol–water partition coefficient (Wildman–Crippen LogP) is 5.38. The Morgan fingerprint density at radius 3 is 2.69 bits per heavy atom. The molecule has 170 valence electrons. The van der Waals surface area contributed by atoms with Gasteiger partial charge in [-0.3, -0.25) is 4.98 Å². The summed E-state index contributed by atoms with van der Waals surface area (Å²) in [7, 11) is 0. The van der Waals surface area contributed by atoms with Gasteiger partial charge in [0.05, 0.1) is 13.2 Å². The Morgan fingerprint density at radius 1 is 1.16 bits per heavy atom. The standard InChI is InChI=1S/C24H24F4N2O2/c1-22(2,19-11-17(25)10-15-7-9-32-21(15)19)13-23(31,24(26,27)28)14-30-20-5-3-4-16-12-29-8-6-18(16)20/h3-6,8,10-12,30-31H,7,9,13-14H2,1-2H3. The van der Waals surface area contributed by atoms with Crippen molar-refractivity contribution in [3.63, 3.8) is 0 Å². The highest BCUT2D eigenvalue weighted by Crippen LogP contribution is 2.46. The van der Waals surface area contributed by atoms with Gasteiger partial charge in [-0.15, -0.1) is 0 Å². The minimum atomic E-state index is -4.92. The number of alkyl halides is 3. The average Bonchev–Trinajstić information content (AvgIpc) is 3.18. The van der Waals surface area contributed by atoms with E-state index in [0.717, 1.165) is 5.39 Å². The maximum atomic E-state index is 14.2. The number of nitrogens with zero attached hydrogens (tertiary/aromatic N) is 1. The molecule has 0 bridgehead atoms. The van der Waals surface area contributed by atoms with Crippen LogP contribution in [0.4, 0.5) is 23.2 Å². The largest absolute Gasteiger partial charge is 0.493 e. The van der Waals surface area contributed by atoms with Crippen LogP contribution in [-0.2, 0) is 11.8 Å². The van der Waals surface area contributed by atoms with Crippen molar-refractivity contribution in [3.8, 4) is 5.75 Å². The van der Waals surface area contributed by atoms with Crippen LogP contribution in [0.1, 0.15) is 31.4 Å². The molecule has 0 spiro atoms. The lowest BCUT2D eigenvalue weighted by atomic mass is 9.74. The van der Waals surface area contributed by atoms with Gasteiger partial charge in [0.15, 0.2) is 5.60 Å². The number of ether oxygens (including phenoxy) is 1. The molecule has 32 heavy (non-hydrogen) atoms. The van der Waals surface area contributed by atoms with Gasteiger partial charge in [0.2, 0.25) is 0 Å². The van der Waals surface area contributed by atoms with Gasteiger partial charge in [0.25, 0.3) is 0 Å². The fourth-order valence-electron chi connectivity index (χ4n) is 4.38. The number of fused-ring (bicyclic) bond motifs is 2. The van der Waals surface area contributed by atoms with E-state index >= 15 is 0 Å². The maximum absolute atomic E-state index is 14.2. The van der Waals surface area contributed by atoms with E-state index in [9.17, 15) is 22.7 Å². The van der Waals surface area contributed by atoms with E-state index < -0.39 is 36.0 Å². The SMILES string of the molecule is CC(C)(CC(O)(CNc1cccc2cnccc12)C(F)(F)F)c1cc(F)cc2c1OCC2. The monoisotopic (exact) mass is 448 g/mol. The fraction of sp³-hybridized carbons (Fsp3) is 0.375. The summed E-state index contributed by atoms with van der Waals surface area (Å²) >= 11 is 0. The summed E-state index contributed by atoms with van der Waals surface area (Å²) in [5.74, 6) is -0.120. The molecule has 4 rings (SSSR count). The van der Waals surface area contributed by atoms with E-state index in [2.05, 4.69) is 10.3 Å². The molecule has 2 N–H and O–H groups in total. The second kappa shape index (κ2) is 7.92. The zero-order valence-corrected chi connectivity index (χ0v) is 17.8. The third kappa shape index (κ3) is 4.11. The summed E-state index contributed by atoms with van der Waals surface area (Å²) in [5.41, 5.74) is -2.87. The molecule has 0 radical (unpaired) electrons. The van der Waals surface area contributed by atoms with Crippen LogP contribution in [0.5, 0.6) is 5.75 Å². The van der Waals surface area contributed by atoms with Crippen molar-refractivity contribution in [2.45, 2.75) is 43.9 Å². The van der Waals surface area contributed by atoms with Gasteiger partial charge < -0.3 is 15.2 Å². The lowest BCUT2D eigenvalue weighted by Crippen LogP contribution is -2.53. The van der Waals surface area contributed by atoms with Gasteiger partial charge in [0, 0.05) is 46.4 Å². The number of hydrogen-bond donors (Lipinski definition) is 2. The van der Waals surface area contributed by atoms with Crippen molar-refractivity contribution in [2.24, 2.45) is 0 Å². The zero-order valence-electron chi connectivity index (χ0n) is 17.8. The van der Waals surface area contributed by atoms with Crippen LogP contribution in [0, 0.1) is 5.82 Å². The minimum absolute atomic E-state index is 0.323. The number of anilines is 1. The van der Waals surface area contributed by atoms with Gasteiger partial charge in [0.1, 0.15) is 11.6 Å². The van der Waals surface area contributed by atoms with Crippen LogP contribution in [0.3, 0.4) is 0 Å². The van der Waals surface area contributed by atoms with Crippen molar-refractivity contribution in [1.82, 2.24) is 4.98 Å². The molecular formula is C24H24F4N2O2. The van der Waals surface area contributed by atoms with Crippen molar-refractivity contribution >= 4 is 16.5 Å². The summed E-state index contributed by atoms with van der Waals surface area (Å²) < 4.78 is 62.1. The fourth-order valence-corrected chi connectivity index (χ4v) is 4.38. The maximum Gasteiger partial charge on any atom is 0.418 e. The van der Waals surface area contributed by atoms with Crippen LogP contribution < -0.4 is 10.1 Å². The highest BCUT2D eigenvalue weighted by atomic mass is 19.4. The molecule has 1 atom stereocenters. The van der Waals surface area contributed by atoms with Gasteiger partial charge in [-0.25, -0.2) is 4.39 Å². The summed E-state index contributed by atoms with van der Waals surface area (Å²) in [5, 5.41) is 15.1. The van der Waals surface area contributed by atoms with Gasteiger partial charge >= 0.3 is 6.18 Å². The molecule has 0 saturated carbocycles. The number of aromatic nitrogens is 1. The first-order valence-corrected chi connectivity index (χ1v) is 10.3. The number of nitrogens with one attached hydrogen (secondary N) is 1. The van der Waals surface area contributed by atoms with Crippen molar-refractivity contribution in [2.75, 3.05) is 18.5 Å². The van der Waals surface area contributed by atoms with Gasteiger partial charge in [-0.05, 0) is 36.1 Å². The Labute approximate surface area is 183 Å². The second-order valence-corrected chi connectivity index (χ2v) is 8.89. The Bertz CT molecular complexity index is 1140. The quantitative estimate of drug-likeness (QED) is 0.497. The third-order valence-electron chi connectivity index (χ3n) is 5.99. The van der Waals surface area contributed by atoms with E-state index in [1.54, 1.807) is 50.5 Å². The van der Waals surface area contributed by atoms with Crippen LogP contribution in [-0.4, -0.2) is 35.0 Å². The van der Waals surface area contributed by atoms with Crippen molar-refractivity contribution < 1.29 is 27.4 Å². The second-order valence-electron chi connectivity index (χ2n) is 8.89. The van der Waals surface area contributed by atoms with E-state index in [0.29, 0.717) is 41.0 Å². The number of pyridine rings is 1. The normalized spacial score (nSPS) is 15.8. The molecule has 0 amide bonds. The van der Waals surface area contributed by atoms with E-state index in [1.165, 1.54) is 12.1 Å².